The van der Waals surface area contributed by atoms with Crippen LogP contribution in [0.25, 0.3) is 0 Å². The van der Waals surface area contributed by atoms with E-state index < -0.39 is 28.7 Å². The minimum atomic E-state index is -1.30. The first-order valence-corrected chi connectivity index (χ1v) is 4.57. The minimum Gasteiger partial charge on any atom is -0.505 e. The fourth-order valence-electron chi connectivity index (χ4n) is 1.49. The summed E-state index contributed by atoms with van der Waals surface area (Å²) in [5.74, 6) is -4.52. The molecule has 1 saturated carbocycles. The van der Waals surface area contributed by atoms with Gasteiger partial charge in [-0.25, -0.2) is 13.2 Å². The van der Waals surface area contributed by atoms with Crippen LogP contribution in [0.3, 0.4) is 0 Å². The van der Waals surface area contributed by atoms with Crippen molar-refractivity contribution in [1.29, 1.82) is 0 Å². The summed E-state index contributed by atoms with van der Waals surface area (Å²) >= 11 is 0. The molecule has 1 aromatic rings. The van der Waals surface area contributed by atoms with Crippen LogP contribution in [-0.4, -0.2) is 10.6 Å². The predicted molar refractivity (Wildman–Crippen MR) is 47.8 cm³/mol. The molecule has 82 valence electrons. The van der Waals surface area contributed by atoms with E-state index in [1.807, 2.05) is 0 Å². The van der Waals surface area contributed by atoms with E-state index in [9.17, 15) is 18.3 Å². The number of benzene rings is 1. The molecule has 3 N–H and O–H groups in total. The number of phenols is 1. The van der Waals surface area contributed by atoms with Crippen LogP contribution in [0.2, 0.25) is 0 Å². The summed E-state index contributed by atoms with van der Waals surface area (Å²) in [5.41, 5.74) is 4.71. The lowest BCUT2D eigenvalue weighted by Gasteiger charge is -2.12. The molecule has 0 aliphatic heterocycles. The van der Waals surface area contributed by atoms with Gasteiger partial charge in [0, 0.05) is 17.2 Å². The van der Waals surface area contributed by atoms with E-state index in [4.69, 9.17) is 5.73 Å². The Hall–Kier alpha value is -1.23. The number of hydrogen-bond donors (Lipinski definition) is 2. The molecule has 0 aromatic heterocycles. The zero-order valence-corrected chi connectivity index (χ0v) is 7.86. The topological polar surface area (TPSA) is 46.2 Å². The Balaban J connectivity index is 2.44. The normalized spacial score (nSPS) is 17.9. The molecule has 1 fully saturated rings. The number of rotatable bonds is 2. The van der Waals surface area contributed by atoms with Crippen molar-refractivity contribution in [2.75, 3.05) is 0 Å². The van der Waals surface area contributed by atoms with Gasteiger partial charge in [-0.2, -0.15) is 0 Å². The van der Waals surface area contributed by atoms with Crippen LogP contribution in [0.4, 0.5) is 13.2 Å². The number of nitrogens with two attached hydrogens (primary N) is 1. The molecule has 2 rings (SSSR count). The van der Waals surface area contributed by atoms with Crippen molar-refractivity contribution < 1.29 is 18.3 Å². The first-order valence-electron chi connectivity index (χ1n) is 4.57. The van der Waals surface area contributed by atoms with Crippen molar-refractivity contribution in [3.05, 3.63) is 29.1 Å². The summed E-state index contributed by atoms with van der Waals surface area (Å²) in [5, 5.41) is 9.26. The quantitative estimate of drug-likeness (QED) is 0.742. The Bertz CT molecular complexity index is 389. The van der Waals surface area contributed by atoms with Crippen LogP contribution < -0.4 is 5.73 Å². The first kappa shape index (κ1) is 10.3. The van der Waals surface area contributed by atoms with E-state index >= 15 is 0 Å². The molecule has 0 heterocycles. The van der Waals surface area contributed by atoms with Gasteiger partial charge in [-0.1, -0.05) is 0 Å². The fourth-order valence-corrected chi connectivity index (χ4v) is 1.49. The lowest BCUT2D eigenvalue weighted by molar-refractivity contribution is 0.398. The third-order valence-corrected chi connectivity index (χ3v) is 2.66. The number of halogens is 3. The van der Waals surface area contributed by atoms with Crippen molar-refractivity contribution in [2.24, 2.45) is 5.73 Å². The molecular formula is C10H10F3NO. The molecule has 1 aromatic carbocycles. The van der Waals surface area contributed by atoms with E-state index in [0.29, 0.717) is 18.9 Å². The molecule has 1 aliphatic carbocycles. The van der Waals surface area contributed by atoms with Crippen LogP contribution in [-0.2, 0) is 6.42 Å². The van der Waals surface area contributed by atoms with Crippen LogP contribution >= 0.6 is 0 Å². The van der Waals surface area contributed by atoms with Crippen LogP contribution in [0.1, 0.15) is 18.4 Å². The maximum Gasteiger partial charge on any atom is 0.168 e. The van der Waals surface area contributed by atoms with Crippen molar-refractivity contribution in [3.63, 3.8) is 0 Å². The summed E-state index contributed by atoms with van der Waals surface area (Å²) in [6.07, 6.45) is 1.30. The predicted octanol–water partition coefficient (Wildman–Crippen LogP) is 1.84. The van der Waals surface area contributed by atoms with Gasteiger partial charge < -0.3 is 10.8 Å². The van der Waals surface area contributed by atoms with Gasteiger partial charge >= 0.3 is 0 Å². The van der Waals surface area contributed by atoms with Crippen LogP contribution in [0, 0.1) is 17.5 Å². The fraction of sp³-hybridized carbons (Fsp3) is 0.400. The average molecular weight is 217 g/mol. The maximum atomic E-state index is 13.2. The summed E-state index contributed by atoms with van der Waals surface area (Å²) in [7, 11) is 0. The zero-order chi connectivity index (χ0) is 11.2. The molecule has 5 heteroatoms. The van der Waals surface area contributed by atoms with Gasteiger partial charge in [0.05, 0.1) is 0 Å². The zero-order valence-electron chi connectivity index (χ0n) is 7.86. The lowest BCUT2D eigenvalue weighted by atomic mass is 10.0. The molecule has 0 spiro atoms. The highest BCUT2D eigenvalue weighted by Gasteiger charge is 2.40. The van der Waals surface area contributed by atoms with Gasteiger partial charge in [-0.05, 0) is 19.3 Å². The molecular weight excluding hydrogens is 207 g/mol. The van der Waals surface area contributed by atoms with E-state index in [1.54, 1.807) is 0 Å². The van der Waals surface area contributed by atoms with Gasteiger partial charge in [-0.3, -0.25) is 0 Å². The number of aromatic hydroxyl groups is 1. The maximum absolute atomic E-state index is 13.2. The van der Waals surface area contributed by atoms with Gasteiger partial charge in [0.2, 0.25) is 0 Å². The molecule has 2 nitrogen and oxygen atoms in total. The van der Waals surface area contributed by atoms with E-state index in [2.05, 4.69) is 0 Å². The second-order valence-corrected chi connectivity index (χ2v) is 4.02. The molecule has 0 atom stereocenters. The smallest absolute Gasteiger partial charge is 0.168 e. The summed E-state index contributed by atoms with van der Waals surface area (Å²) in [6, 6.07) is 0.324. The van der Waals surface area contributed by atoms with E-state index in [1.165, 1.54) is 0 Å². The second kappa shape index (κ2) is 3.13. The van der Waals surface area contributed by atoms with Crippen molar-refractivity contribution in [1.82, 2.24) is 0 Å². The van der Waals surface area contributed by atoms with E-state index in [0.717, 1.165) is 0 Å². The van der Waals surface area contributed by atoms with Gasteiger partial charge in [-0.15, -0.1) is 0 Å². The third-order valence-electron chi connectivity index (χ3n) is 2.66. The summed E-state index contributed by atoms with van der Waals surface area (Å²) in [6.45, 7) is 0. The number of phenolic OH excluding ortho intramolecular Hbond substituents is 1. The second-order valence-electron chi connectivity index (χ2n) is 4.02. The van der Waals surface area contributed by atoms with Crippen LogP contribution in [0.15, 0.2) is 6.07 Å². The molecule has 1 aliphatic rings. The Kier molecular flexibility index (Phi) is 2.15. The molecule has 15 heavy (non-hydrogen) atoms. The molecule has 0 radical (unpaired) electrons. The van der Waals surface area contributed by atoms with Crippen molar-refractivity contribution in [2.45, 2.75) is 24.8 Å². The largest absolute Gasteiger partial charge is 0.505 e. The van der Waals surface area contributed by atoms with Gasteiger partial charge in [0.1, 0.15) is 0 Å². The van der Waals surface area contributed by atoms with E-state index in [-0.39, 0.29) is 12.0 Å². The summed E-state index contributed by atoms with van der Waals surface area (Å²) < 4.78 is 39.0. The average Bonchev–Trinajstić information content (AvgIpc) is 2.89. The SMILES string of the molecule is NC1(Cc2c(O)c(F)cc(F)c2F)CC1. The van der Waals surface area contributed by atoms with Crippen LogP contribution in [0.5, 0.6) is 5.75 Å². The Morgan fingerprint density at radius 1 is 1.27 bits per heavy atom. The first-order chi connectivity index (χ1) is 6.93. The van der Waals surface area contributed by atoms with Gasteiger partial charge in [0.15, 0.2) is 23.2 Å². The molecule has 0 unspecified atom stereocenters. The third kappa shape index (κ3) is 1.79. The van der Waals surface area contributed by atoms with Crippen molar-refractivity contribution >= 4 is 0 Å². The minimum absolute atomic E-state index is 0.0423. The lowest BCUT2D eigenvalue weighted by Crippen LogP contribution is -2.25. The Morgan fingerprint density at radius 3 is 2.40 bits per heavy atom. The Morgan fingerprint density at radius 2 is 1.87 bits per heavy atom. The highest BCUT2D eigenvalue weighted by atomic mass is 19.2. The highest BCUT2D eigenvalue weighted by molar-refractivity contribution is 5.37. The Labute approximate surface area is 84.5 Å². The number of hydrogen-bond acceptors (Lipinski definition) is 2. The monoisotopic (exact) mass is 217 g/mol. The van der Waals surface area contributed by atoms with Crippen molar-refractivity contribution in [3.8, 4) is 5.75 Å². The highest BCUT2D eigenvalue weighted by Crippen LogP contribution is 2.39. The summed E-state index contributed by atoms with van der Waals surface area (Å²) in [4.78, 5) is 0. The molecule has 0 saturated heterocycles. The molecule has 0 bridgehead atoms. The molecule has 0 amide bonds. The van der Waals surface area contributed by atoms with Gasteiger partial charge in [0.25, 0.3) is 0 Å². The standard InChI is InChI=1S/C10H10F3NO/c11-6-3-7(12)9(15)5(8(6)13)4-10(14)1-2-10/h3,15H,1-2,4,14H2.